The minimum absolute atomic E-state index is 0.00138. The first kappa shape index (κ1) is 18.6. The highest BCUT2D eigenvalue weighted by Crippen LogP contribution is 2.47. The van der Waals surface area contributed by atoms with Crippen LogP contribution in [0.25, 0.3) is 0 Å². The Morgan fingerprint density at radius 1 is 0.926 bits per heavy atom. The highest BCUT2D eigenvalue weighted by Gasteiger charge is 2.39. The molecule has 0 heterocycles. The van der Waals surface area contributed by atoms with E-state index in [9.17, 15) is 4.79 Å². The van der Waals surface area contributed by atoms with Gasteiger partial charge in [0.1, 0.15) is 0 Å². The smallest absolute Gasteiger partial charge is 0.172 e. The number of hydrogen-bond donors (Lipinski definition) is 0. The van der Waals surface area contributed by atoms with Crippen molar-refractivity contribution in [3.8, 4) is 0 Å². The van der Waals surface area contributed by atoms with Crippen molar-refractivity contribution >= 4 is 40.2 Å². The van der Waals surface area contributed by atoms with E-state index in [1.165, 1.54) is 21.7 Å². The summed E-state index contributed by atoms with van der Waals surface area (Å²) in [7, 11) is -0.745. The van der Waals surface area contributed by atoms with Crippen LogP contribution in [-0.2, 0) is 6.42 Å². The van der Waals surface area contributed by atoms with Crippen LogP contribution in [0.15, 0.2) is 77.3 Å². The van der Waals surface area contributed by atoms with Gasteiger partial charge >= 0.3 is 0 Å². The second-order valence-electron chi connectivity index (χ2n) is 7.32. The lowest BCUT2D eigenvalue weighted by atomic mass is 9.98. The molecule has 0 N–H and O–H groups in total. The minimum Gasteiger partial charge on any atom is -0.293 e. The van der Waals surface area contributed by atoms with Crippen molar-refractivity contribution in [1.29, 1.82) is 0 Å². The summed E-state index contributed by atoms with van der Waals surface area (Å²) in [6.07, 6.45) is 0.822. The highest BCUT2D eigenvalue weighted by molar-refractivity contribution is 9.10. The monoisotopic (exact) mass is 436 g/mol. The number of carbonyl (C=O) groups excluding carboxylic acids is 1. The van der Waals surface area contributed by atoms with E-state index in [0.29, 0.717) is 5.92 Å². The van der Waals surface area contributed by atoms with Gasteiger partial charge in [-0.15, -0.1) is 0 Å². The van der Waals surface area contributed by atoms with Gasteiger partial charge < -0.3 is 0 Å². The van der Waals surface area contributed by atoms with Crippen molar-refractivity contribution in [2.45, 2.75) is 31.8 Å². The summed E-state index contributed by atoms with van der Waals surface area (Å²) in [6.45, 7) is 4.40. The zero-order chi connectivity index (χ0) is 19.0. The molecule has 0 saturated heterocycles. The van der Waals surface area contributed by atoms with Gasteiger partial charge in [0.15, 0.2) is 5.78 Å². The molecule has 0 bridgehead atoms. The summed E-state index contributed by atoms with van der Waals surface area (Å²) >= 11 is 3.68. The van der Waals surface area contributed by atoms with Crippen molar-refractivity contribution in [2.24, 2.45) is 0 Å². The lowest BCUT2D eigenvalue weighted by molar-refractivity contribution is 0.0998. The van der Waals surface area contributed by atoms with Gasteiger partial charge in [-0.1, -0.05) is 96.5 Å². The van der Waals surface area contributed by atoms with Crippen LogP contribution in [0, 0.1) is 0 Å². The second-order valence-corrected chi connectivity index (χ2v) is 10.6. The largest absolute Gasteiger partial charge is 0.293 e. The molecule has 0 saturated carbocycles. The number of halogens is 1. The molecule has 0 aliphatic heterocycles. The Hall–Kier alpha value is -1.76. The second kappa shape index (κ2) is 7.70. The number of benzene rings is 3. The van der Waals surface area contributed by atoms with Crippen LogP contribution >= 0.6 is 23.9 Å². The number of carbonyl (C=O) groups is 1. The molecule has 1 unspecified atom stereocenters. The summed E-state index contributed by atoms with van der Waals surface area (Å²) < 4.78 is 0.951. The van der Waals surface area contributed by atoms with Gasteiger partial charge in [0.2, 0.25) is 0 Å². The fourth-order valence-corrected chi connectivity index (χ4v) is 7.28. The standard InChI is InChI=1S/C24H22BrOP/c1-16(2)17-13-18-15-22(24(26)23(18)21(25)14-17)27(19-9-5-3-6-10-19)20-11-7-4-8-12-20/h3-14,16,22H,15H2,1-2H3. The quantitative estimate of drug-likeness (QED) is 0.471. The van der Waals surface area contributed by atoms with E-state index in [1.807, 2.05) is 12.1 Å². The lowest BCUT2D eigenvalue weighted by Gasteiger charge is -2.24. The maximum Gasteiger partial charge on any atom is 0.172 e. The molecule has 27 heavy (non-hydrogen) atoms. The Kier molecular flexibility index (Phi) is 5.30. The summed E-state index contributed by atoms with van der Waals surface area (Å²) in [5.41, 5.74) is 3.38. The van der Waals surface area contributed by atoms with Gasteiger partial charge in [-0.25, -0.2) is 0 Å². The molecule has 136 valence electrons. The van der Waals surface area contributed by atoms with E-state index in [1.54, 1.807) is 0 Å². The van der Waals surface area contributed by atoms with E-state index in [2.05, 4.69) is 90.4 Å². The van der Waals surface area contributed by atoms with Crippen LogP contribution in [0.3, 0.4) is 0 Å². The fraction of sp³-hybridized carbons (Fsp3) is 0.208. The average molecular weight is 437 g/mol. The van der Waals surface area contributed by atoms with Gasteiger partial charge in [-0.3, -0.25) is 4.79 Å². The van der Waals surface area contributed by atoms with Crippen molar-refractivity contribution in [3.63, 3.8) is 0 Å². The number of rotatable bonds is 4. The first-order chi connectivity index (χ1) is 13.1. The molecule has 1 aliphatic carbocycles. The Morgan fingerprint density at radius 3 is 2.00 bits per heavy atom. The molecule has 0 aromatic heterocycles. The number of fused-ring (bicyclic) bond motifs is 1. The topological polar surface area (TPSA) is 17.1 Å². The molecule has 4 rings (SSSR count). The van der Waals surface area contributed by atoms with Crippen LogP contribution in [0.5, 0.6) is 0 Å². The van der Waals surface area contributed by atoms with Crippen molar-refractivity contribution in [1.82, 2.24) is 0 Å². The van der Waals surface area contributed by atoms with Crippen LogP contribution < -0.4 is 10.6 Å². The Balaban J connectivity index is 1.80. The zero-order valence-electron chi connectivity index (χ0n) is 15.5. The Morgan fingerprint density at radius 2 is 1.48 bits per heavy atom. The number of Topliss-reactive ketones (excluding diaryl/α,β-unsaturated/α-hetero) is 1. The average Bonchev–Trinajstić information content (AvgIpc) is 3.00. The summed E-state index contributed by atoms with van der Waals surface area (Å²) in [6, 6.07) is 25.4. The van der Waals surface area contributed by atoms with Gasteiger partial charge in [0.25, 0.3) is 0 Å². The molecule has 0 amide bonds. The molecule has 0 fully saturated rings. The van der Waals surface area contributed by atoms with Crippen molar-refractivity contribution in [3.05, 3.63) is 94.0 Å². The highest BCUT2D eigenvalue weighted by atomic mass is 79.9. The SMILES string of the molecule is CC(C)c1cc(Br)c2c(c1)CC(P(c1ccccc1)c1ccccc1)C2=O. The Bertz CT molecular complexity index is 927. The molecule has 1 aliphatic rings. The molecule has 0 spiro atoms. The van der Waals surface area contributed by atoms with E-state index in [4.69, 9.17) is 0 Å². The molecular weight excluding hydrogens is 415 g/mol. The summed E-state index contributed by atoms with van der Waals surface area (Å²) in [5.74, 6) is 0.733. The van der Waals surface area contributed by atoms with E-state index < -0.39 is 7.92 Å². The third-order valence-corrected chi connectivity index (χ3v) is 8.58. The number of hydrogen-bond acceptors (Lipinski definition) is 1. The maximum atomic E-state index is 13.5. The molecule has 0 radical (unpaired) electrons. The molecule has 3 heteroatoms. The zero-order valence-corrected chi connectivity index (χ0v) is 18.0. The van der Waals surface area contributed by atoms with Crippen LogP contribution in [0.2, 0.25) is 0 Å². The van der Waals surface area contributed by atoms with Gasteiger partial charge in [0.05, 0.1) is 5.66 Å². The van der Waals surface area contributed by atoms with Gasteiger partial charge in [0, 0.05) is 10.0 Å². The third kappa shape index (κ3) is 3.53. The first-order valence-electron chi connectivity index (χ1n) is 9.32. The first-order valence-corrected chi connectivity index (χ1v) is 11.5. The predicted molar refractivity (Wildman–Crippen MR) is 119 cm³/mol. The fourth-order valence-electron chi connectivity index (χ4n) is 3.82. The lowest BCUT2D eigenvalue weighted by Crippen LogP contribution is -2.26. The van der Waals surface area contributed by atoms with Gasteiger partial charge in [-0.2, -0.15) is 0 Å². The third-order valence-electron chi connectivity index (χ3n) is 5.20. The van der Waals surface area contributed by atoms with Crippen molar-refractivity contribution < 1.29 is 4.79 Å². The van der Waals surface area contributed by atoms with Crippen LogP contribution in [0.1, 0.15) is 41.3 Å². The molecular formula is C24H22BrOP. The predicted octanol–water partition coefficient (Wildman–Crippen LogP) is 5.81. The molecule has 3 aromatic rings. The normalized spacial score (nSPS) is 16.2. The Labute approximate surface area is 170 Å². The van der Waals surface area contributed by atoms with E-state index in [-0.39, 0.29) is 11.4 Å². The van der Waals surface area contributed by atoms with Crippen LogP contribution in [-0.4, -0.2) is 11.4 Å². The van der Waals surface area contributed by atoms with Gasteiger partial charge in [-0.05, 0) is 48.1 Å². The summed E-state index contributed by atoms with van der Waals surface area (Å²) in [5, 5.41) is 2.54. The van der Waals surface area contributed by atoms with Crippen molar-refractivity contribution in [2.75, 3.05) is 0 Å². The molecule has 1 atom stereocenters. The number of ketones is 1. The molecule has 3 aromatic carbocycles. The molecule has 1 nitrogen and oxygen atoms in total. The van der Waals surface area contributed by atoms with Crippen LogP contribution in [0.4, 0.5) is 0 Å². The maximum absolute atomic E-state index is 13.5. The minimum atomic E-state index is -0.745. The van der Waals surface area contributed by atoms with E-state index in [0.717, 1.165) is 16.5 Å². The van der Waals surface area contributed by atoms with E-state index >= 15 is 0 Å². The summed E-state index contributed by atoms with van der Waals surface area (Å²) in [4.78, 5) is 13.5.